The predicted octanol–water partition coefficient (Wildman–Crippen LogP) is 13.6. The Morgan fingerprint density at radius 1 is 0.333 bits per heavy atom. The Morgan fingerprint density at radius 2 is 0.842 bits per heavy atom. The summed E-state index contributed by atoms with van der Waals surface area (Å²) in [5.41, 5.74) is 15.6. The van der Waals surface area contributed by atoms with E-state index in [0.717, 1.165) is 55.3 Å². The zero-order valence-corrected chi connectivity index (χ0v) is 31.8. The summed E-state index contributed by atoms with van der Waals surface area (Å²) in [6.45, 7) is 4.33. The number of para-hydroxylation sites is 2. The maximum Gasteiger partial charge on any atom is 0.164 e. The van der Waals surface area contributed by atoms with Crippen LogP contribution in [0, 0.1) is 13.8 Å². The molecule has 0 aliphatic rings. The lowest BCUT2D eigenvalue weighted by molar-refractivity contribution is 1.08. The van der Waals surface area contributed by atoms with Crippen molar-refractivity contribution in [2.75, 3.05) is 0 Å². The summed E-state index contributed by atoms with van der Waals surface area (Å²) < 4.78 is 2.33. The second-order valence-electron chi connectivity index (χ2n) is 14.6. The lowest BCUT2D eigenvalue weighted by Gasteiger charge is -2.13. The molecule has 4 nitrogen and oxygen atoms in total. The van der Waals surface area contributed by atoms with Crippen LogP contribution in [0.25, 0.3) is 95.0 Å². The van der Waals surface area contributed by atoms with E-state index in [-0.39, 0.29) is 0 Å². The Bertz CT molecular complexity index is 3070. The van der Waals surface area contributed by atoms with Gasteiger partial charge in [0.1, 0.15) is 0 Å². The van der Waals surface area contributed by atoms with E-state index in [1.54, 1.807) is 0 Å². The van der Waals surface area contributed by atoms with Crippen LogP contribution in [0.1, 0.15) is 11.1 Å². The van der Waals surface area contributed by atoms with Crippen molar-refractivity contribution in [2.45, 2.75) is 13.8 Å². The van der Waals surface area contributed by atoms with Gasteiger partial charge in [0.25, 0.3) is 0 Å². The van der Waals surface area contributed by atoms with Crippen molar-refractivity contribution < 1.29 is 0 Å². The number of aryl methyl sites for hydroxylation is 2. The van der Waals surface area contributed by atoms with Crippen LogP contribution in [0.3, 0.4) is 0 Å². The third kappa shape index (κ3) is 6.27. The molecule has 57 heavy (non-hydrogen) atoms. The fourth-order valence-corrected chi connectivity index (χ4v) is 8.12. The lowest BCUT2D eigenvalue weighted by Crippen LogP contribution is -2.01. The summed E-state index contributed by atoms with van der Waals surface area (Å²) in [5.74, 6) is 1.90. The maximum absolute atomic E-state index is 5.29. The smallest absolute Gasteiger partial charge is 0.164 e. The SMILES string of the molecule is Cc1ccccc1-c1ccc(-c2nc(-c3cccc(-c4ccc(-c5ccccc5)cc4)c3)nc(-c3cccc4c3c3ccccc3n4-c3ccccc3)n2)cc1C. The standard InChI is InChI=1S/C53H38N4/c1-35-15-9-10-22-44(35)45-32-31-42(33-36(45)2)52-54-51(41-19-13-18-40(34-41)39-29-27-38(28-30-39)37-16-5-3-6-17-37)55-53(56-52)47-24-14-26-49-50(47)46-23-11-12-25-48(46)57(49)43-20-7-4-8-21-43/h3-34H,1-2H3. The van der Waals surface area contributed by atoms with Crippen molar-refractivity contribution >= 4 is 21.8 Å². The van der Waals surface area contributed by atoms with Gasteiger partial charge in [-0.3, -0.25) is 0 Å². The molecule has 0 spiro atoms. The highest BCUT2D eigenvalue weighted by Gasteiger charge is 2.20. The van der Waals surface area contributed by atoms with E-state index in [2.05, 4.69) is 206 Å². The van der Waals surface area contributed by atoms with Crippen molar-refractivity contribution in [1.29, 1.82) is 0 Å². The number of rotatable bonds is 7. The van der Waals surface area contributed by atoms with Crippen LogP contribution < -0.4 is 0 Å². The summed E-state index contributed by atoms with van der Waals surface area (Å²) in [6.07, 6.45) is 0. The molecule has 10 rings (SSSR count). The Labute approximate surface area is 332 Å². The van der Waals surface area contributed by atoms with Gasteiger partial charge >= 0.3 is 0 Å². The highest BCUT2D eigenvalue weighted by Crippen LogP contribution is 2.39. The monoisotopic (exact) mass is 730 g/mol. The van der Waals surface area contributed by atoms with Gasteiger partial charge in [-0.2, -0.15) is 0 Å². The third-order valence-electron chi connectivity index (χ3n) is 11.0. The van der Waals surface area contributed by atoms with Gasteiger partial charge in [0.15, 0.2) is 17.5 Å². The van der Waals surface area contributed by atoms with E-state index >= 15 is 0 Å². The zero-order chi connectivity index (χ0) is 38.3. The second-order valence-corrected chi connectivity index (χ2v) is 14.6. The number of hydrogen-bond donors (Lipinski definition) is 0. The molecule has 0 saturated carbocycles. The van der Waals surface area contributed by atoms with E-state index in [9.17, 15) is 0 Å². The molecular weight excluding hydrogens is 693 g/mol. The van der Waals surface area contributed by atoms with E-state index in [0.29, 0.717) is 17.5 Å². The van der Waals surface area contributed by atoms with Crippen LogP contribution in [-0.4, -0.2) is 19.5 Å². The average Bonchev–Trinajstić information content (AvgIpc) is 3.62. The van der Waals surface area contributed by atoms with Crippen LogP contribution in [0.5, 0.6) is 0 Å². The van der Waals surface area contributed by atoms with E-state index in [1.165, 1.54) is 33.4 Å². The van der Waals surface area contributed by atoms with Crippen molar-refractivity contribution in [3.63, 3.8) is 0 Å². The number of benzene rings is 8. The van der Waals surface area contributed by atoms with Gasteiger partial charge < -0.3 is 4.57 Å². The summed E-state index contributed by atoms with van der Waals surface area (Å²) in [5, 5.41) is 2.26. The topological polar surface area (TPSA) is 43.6 Å². The van der Waals surface area contributed by atoms with Gasteiger partial charge in [0.05, 0.1) is 11.0 Å². The van der Waals surface area contributed by atoms with Crippen molar-refractivity contribution in [3.05, 3.63) is 205 Å². The molecule has 0 saturated heterocycles. The van der Waals surface area contributed by atoms with Crippen LogP contribution >= 0.6 is 0 Å². The Hall–Kier alpha value is -7.43. The number of hydrogen-bond acceptors (Lipinski definition) is 3. The van der Waals surface area contributed by atoms with E-state index in [4.69, 9.17) is 15.0 Å². The molecule has 4 heteroatoms. The molecule has 0 unspecified atom stereocenters. The molecule has 0 N–H and O–H groups in total. The molecule has 270 valence electrons. The summed E-state index contributed by atoms with van der Waals surface area (Å²) in [7, 11) is 0. The molecule has 0 aliphatic carbocycles. The van der Waals surface area contributed by atoms with Crippen LogP contribution in [0.2, 0.25) is 0 Å². The van der Waals surface area contributed by atoms with Crippen molar-refractivity contribution in [3.8, 4) is 73.2 Å². The minimum Gasteiger partial charge on any atom is -0.309 e. The van der Waals surface area contributed by atoms with Crippen LogP contribution in [-0.2, 0) is 0 Å². The molecule has 0 radical (unpaired) electrons. The quantitative estimate of drug-likeness (QED) is 0.164. The van der Waals surface area contributed by atoms with Gasteiger partial charge in [-0.05, 0) is 94.8 Å². The Balaban J connectivity index is 1.15. The van der Waals surface area contributed by atoms with Crippen molar-refractivity contribution in [2.24, 2.45) is 0 Å². The number of aromatic nitrogens is 4. The van der Waals surface area contributed by atoms with Crippen molar-refractivity contribution in [1.82, 2.24) is 19.5 Å². The molecule has 0 bridgehead atoms. The predicted molar refractivity (Wildman–Crippen MR) is 236 cm³/mol. The van der Waals surface area contributed by atoms with Crippen LogP contribution in [0.4, 0.5) is 0 Å². The molecule has 10 aromatic rings. The molecule has 0 atom stereocenters. The largest absolute Gasteiger partial charge is 0.309 e. The molecule has 2 aromatic heterocycles. The second kappa shape index (κ2) is 14.3. The van der Waals surface area contributed by atoms with E-state index in [1.807, 2.05) is 6.07 Å². The summed E-state index contributed by atoms with van der Waals surface area (Å²) in [4.78, 5) is 15.8. The normalized spacial score (nSPS) is 11.3. The molecular formula is C53H38N4. The lowest BCUT2D eigenvalue weighted by atomic mass is 9.95. The Morgan fingerprint density at radius 3 is 1.60 bits per heavy atom. The van der Waals surface area contributed by atoms with Gasteiger partial charge in [0, 0.05) is 33.2 Å². The van der Waals surface area contributed by atoms with Gasteiger partial charge in [-0.15, -0.1) is 0 Å². The highest BCUT2D eigenvalue weighted by molar-refractivity contribution is 6.15. The average molecular weight is 731 g/mol. The first-order valence-electron chi connectivity index (χ1n) is 19.4. The molecule has 0 fully saturated rings. The first kappa shape index (κ1) is 34.1. The molecule has 0 amide bonds. The molecule has 8 aromatic carbocycles. The fourth-order valence-electron chi connectivity index (χ4n) is 8.12. The fraction of sp³-hybridized carbons (Fsp3) is 0.0377. The maximum atomic E-state index is 5.29. The first-order chi connectivity index (χ1) is 28.1. The van der Waals surface area contributed by atoms with E-state index < -0.39 is 0 Å². The van der Waals surface area contributed by atoms with Gasteiger partial charge in [-0.1, -0.05) is 158 Å². The number of nitrogens with zero attached hydrogens (tertiary/aromatic N) is 4. The zero-order valence-electron chi connectivity index (χ0n) is 31.8. The van der Waals surface area contributed by atoms with Crippen LogP contribution in [0.15, 0.2) is 194 Å². The highest BCUT2D eigenvalue weighted by atomic mass is 15.0. The summed E-state index contributed by atoms with van der Waals surface area (Å²) in [6, 6.07) is 68.4. The van der Waals surface area contributed by atoms with Gasteiger partial charge in [-0.25, -0.2) is 15.0 Å². The third-order valence-corrected chi connectivity index (χ3v) is 11.0. The Kier molecular flexibility index (Phi) is 8.57. The molecule has 2 heterocycles. The van der Waals surface area contributed by atoms with Gasteiger partial charge in [0.2, 0.25) is 0 Å². The first-order valence-corrected chi connectivity index (χ1v) is 19.4. The minimum absolute atomic E-state index is 0.627. The number of fused-ring (bicyclic) bond motifs is 3. The minimum atomic E-state index is 0.627. The molecule has 0 aliphatic heterocycles. The summed E-state index contributed by atoms with van der Waals surface area (Å²) >= 11 is 0.